The lowest BCUT2D eigenvalue weighted by Gasteiger charge is -2.47. The molecule has 0 bridgehead atoms. The van der Waals surface area contributed by atoms with E-state index in [0.717, 1.165) is 51.1 Å². The molecule has 24 heavy (non-hydrogen) atoms. The molecule has 0 aliphatic carbocycles. The summed E-state index contributed by atoms with van der Waals surface area (Å²) in [4.78, 5) is 17.0. The largest absolute Gasteiger partial charge is 0.396 e. The molecule has 0 unspecified atom stereocenters. The highest BCUT2D eigenvalue weighted by atomic mass is 16.3. The zero-order chi connectivity index (χ0) is 17.1. The SMILES string of the molecule is Cc1nn(CCO)cc1C(=O)N1CC(N2CCC(CCO)CC2)C1. The molecule has 1 amide bonds. The molecule has 7 heteroatoms. The fourth-order valence-corrected chi connectivity index (χ4v) is 3.76. The molecular weight excluding hydrogens is 308 g/mol. The summed E-state index contributed by atoms with van der Waals surface area (Å²) >= 11 is 0. The monoisotopic (exact) mass is 336 g/mol. The summed E-state index contributed by atoms with van der Waals surface area (Å²) < 4.78 is 1.63. The van der Waals surface area contributed by atoms with Crippen molar-refractivity contribution in [3.8, 4) is 0 Å². The minimum absolute atomic E-state index is 0.0206. The first-order valence-electron chi connectivity index (χ1n) is 8.91. The summed E-state index contributed by atoms with van der Waals surface area (Å²) in [5.74, 6) is 0.701. The van der Waals surface area contributed by atoms with Crippen molar-refractivity contribution in [2.45, 2.75) is 38.8 Å². The summed E-state index contributed by atoms with van der Waals surface area (Å²) in [5.41, 5.74) is 1.37. The zero-order valence-corrected chi connectivity index (χ0v) is 14.4. The molecule has 2 aliphatic rings. The maximum absolute atomic E-state index is 12.6. The van der Waals surface area contributed by atoms with Crippen LogP contribution in [0.25, 0.3) is 0 Å². The number of aliphatic hydroxyl groups is 2. The Kier molecular flexibility index (Phi) is 5.53. The van der Waals surface area contributed by atoms with E-state index in [2.05, 4.69) is 10.00 Å². The van der Waals surface area contributed by atoms with Crippen molar-refractivity contribution >= 4 is 5.91 Å². The summed E-state index contributed by atoms with van der Waals surface area (Å²) in [5, 5.41) is 22.3. The lowest BCUT2D eigenvalue weighted by molar-refractivity contribution is 0.0129. The standard InChI is InChI=1S/C17H28N4O3/c1-13-16(12-21(18-13)7-9-23)17(24)20-10-15(11-20)19-5-2-14(3-6-19)4-8-22/h12,14-15,22-23H,2-11H2,1H3. The molecule has 1 aromatic rings. The molecule has 0 atom stereocenters. The van der Waals surface area contributed by atoms with Crippen molar-refractivity contribution in [3.05, 3.63) is 17.5 Å². The number of aliphatic hydroxyl groups excluding tert-OH is 2. The maximum atomic E-state index is 12.6. The second-order valence-electron chi connectivity index (χ2n) is 6.97. The van der Waals surface area contributed by atoms with Gasteiger partial charge in [-0.1, -0.05) is 0 Å². The van der Waals surface area contributed by atoms with Crippen LogP contribution in [0.1, 0.15) is 35.3 Å². The van der Waals surface area contributed by atoms with Gasteiger partial charge in [-0.25, -0.2) is 0 Å². The molecule has 0 saturated carbocycles. The molecule has 0 spiro atoms. The topological polar surface area (TPSA) is 81.8 Å². The number of carbonyl (C=O) groups excluding carboxylic acids is 1. The summed E-state index contributed by atoms with van der Waals surface area (Å²) in [6, 6.07) is 0.469. The van der Waals surface area contributed by atoms with Crippen molar-refractivity contribution < 1.29 is 15.0 Å². The molecule has 0 aromatic carbocycles. The van der Waals surface area contributed by atoms with E-state index in [1.165, 1.54) is 0 Å². The van der Waals surface area contributed by atoms with Gasteiger partial charge in [0.25, 0.3) is 5.91 Å². The number of carbonyl (C=O) groups is 1. The van der Waals surface area contributed by atoms with E-state index in [9.17, 15) is 4.79 Å². The number of piperidine rings is 1. The minimum atomic E-state index is 0.0206. The van der Waals surface area contributed by atoms with Crippen LogP contribution < -0.4 is 0 Å². The molecule has 2 fully saturated rings. The summed E-state index contributed by atoms with van der Waals surface area (Å²) in [7, 11) is 0. The molecular formula is C17H28N4O3. The third-order valence-electron chi connectivity index (χ3n) is 5.36. The number of aromatic nitrogens is 2. The number of likely N-dealkylation sites (tertiary alicyclic amines) is 2. The van der Waals surface area contributed by atoms with Gasteiger partial charge in [-0.15, -0.1) is 0 Å². The third-order valence-corrected chi connectivity index (χ3v) is 5.36. The van der Waals surface area contributed by atoms with Gasteiger partial charge in [0.1, 0.15) is 0 Å². The number of rotatable bonds is 6. The second-order valence-corrected chi connectivity index (χ2v) is 6.97. The van der Waals surface area contributed by atoms with Crippen LogP contribution in [0.5, 0.6) is 0 Å². The van der Waals surface area contributed by atoms with Crippen molar-refractivity contribution in [3.63, 3.8) is 0 Å². The smallest absolute Gasteiger partial charge is 0.257 e. The van der Waals surface area contributed by atoms with Crippen LogP contribution in [-0.4, -0.2) is 81.1 Å². The van der Waals surface area contributed by atoms with Crippen LogP contribution in [0.15, 0.2) is 6.20 Å². The summed E-state index contributed by atoms with van der Waals surface area (Å²) in [6.45, 7) is 6.29. The fourth-order valence-electron chi connectivity index (χ4n) is 3.76. The fraction of sp³-hybridized carbons (Fsp3) is 0.765. The van der Waals surface area contributed by atoms with E-state index >= 15 is 0 Å². The lowest BCUT2D eigenvalue weighted by Crippen LogP contribution is -2.62. The number of aryl methyl sites for hydroxylation is 1. The molecule has 2 N–H and O–H groups in total. The quantitative estimate of drug-likeness (QED) is 0.770. The highest BCUT2D eigenvalue weighted by molar-refractivity contribution is 5.95. The first kappa shape index (κ1) is 17.4. The van der Waals surface area contributed by atoms with Gasteiger partial charge < -0.3 is 15.1 Å². The average Bonchev–Trinajstić information content (AvgIpc) is 2.89. The molecule has 134 valence electrons. The van der Waals surface area contributed by atoms with Crippen molar-refractivity contribution in [1.82, 2.24) is 19.6 Å². The van der Waals surface area contributed by atoms with E-state index in [0.29, 0.717) is 30.7 Å². The molecule has 2 aliphatic heterocycles. The molecule has 3 heterocycles. The van der Waals surface area contributed by atoms with E-state index < -0.39 is 0 Å². The van der Waals surface area contributed by atoms with E-state index in [1.54, 1.807) is 10.9 Å². The Balaban J connectivity index is 1.49. The molecule has 0 radical (unpaired) electrons. The molecule has 1 aromatic heterocycles. The Morgan fingerprint density at radius 1 is 1.25 bits per heavy atom. The van der Waals surface area contributed by atoms with Gasteiger partial charge in [0.15, 0.2) is 0 Å². The first-order chi connectivity index (χ1) is 11.6. The van der Waals surface area contributed by atoms with Crippen molar-refractivity contribution in [2.75, 3.05) is 39.4 Å². The number of nitrogens with zero attached hydrogens (tertiary/aromatic N) is 4. The Morgan fingerprint density at radius 2 is 1.96 bits per heavy atom. The molecule has 7 nitrogen and oxygen atoms in total. The second kappa shape index (κ2) is 7.63. The predicted molar refractivity (Wildman–Crippen MR) is 89.7 cm³/mol. The number of amides is 1. The third kappa shape index (κ3) is 3.63. The van der Waals surface area contributed by atoms with Gasteiger partial charge >= 0.3 is 0 Å². The van der Waals surface area contributed by atoms with Gasteiger partial charge in [0.05, 0.1) is 24.4 Å². The van der Waals surface area contributed by atoms with Gasteiger partial charge in [0.2, 0.25) is 0 Å². The summed E-state index contributed by atoms with van der Waals surface area (Å²) in [6.07, 6.45) is 4.96. The Hall–Kier alpha value is -1.44. The maximum Gasteiger partial charge on any atom is 0.257 e. The predicted octanol–water partition coefficient (Wildman–Crippen LogP) is 0.103. The first-order valence-corrected chi connectivity index (χ1v) is 8.91. The van der Waals surface area contributed by atoms with E-state index in [4.69, 9.17) is 10.2 Å². The Morgan fingerprint density at radius 3 is 2.58 bits per heavy atom. The Bertz CT molecular complexity index is 560. The van der Waals surface area contributed by atoms with Gasteiger partial charge in [-0.3, -0.25) is 14.4 Å². The van der Waals surface area contributed by atoms with Crippen LogP contribution in [0.3, 0.4) is 0 Å². The van der Waals surface area contributed by atoms with Crippen molar-refractivity contribution in [2.24, 2.45) is 5.92 Å². The van der Waals surface area contributed by atoms with Gasteiger partial charge in [-0.2, -0.15) is 5.10 Å². The van der Waals surface area contributed by atoms with Crippen LogP contribution in [0.2, 0.25) is 0 Å². The molecule has 3 rings (SSSR count). The van der Waals surface area contributed by atoms with Gasteiger partial charge in [-0.05, 0) is 45.2 Å². The van der Waals surface area contributed by atoms with Crippen LogP contribution in [0, 0.1) is 12.8 Å². The molecule has 2 saturated heterocycles. The van der Waals surface area contributed by atoms with Crippen molar-refractivity contribution in [1.29, 1.82) is 0 Å². The minimum Gasteiger partial charge on any atom is -0.396 e. The zero-order valence-electron chi connectivity index (χ0n) is 14.4. The average molecular weight is 336 g/mol. The van der Waals surface area contributed by atoms with Crippen LogP contribution in [-0.2, 0) is 6.54 Å². The highest BCUT2D eigenvalue weighted by Crippen LogP contribution is 2.26. The lowest BCUT2D eigenvalue weighted by atomic mass is 9.92. The Labute approximate surface area is 142 Å². The van der Waals surface area contributed by atoms with E-state index in [1.807, 2.05) is 11.8 Å². The normalized spacial score (nSPS) is 20.4. The van der Waals surface area contributed by atoms with E-state index in [-0.39, 0.29) is 12.5 Å². The number of hydrogen-bond donors (Lipinski definition) is 2. The van der Waals surface area contributed by atoms with Gasteiger partial charge in [0, 0.05) is 31.9 Å². The highest BCUT2D eigenvalue weighted by Gasteiger charge is 2.37. The van der Waals surface area contributed by atoms with Crippen LogP contribution >= 0.6 is 0 Å². The van der Waals surface area contributed by atoms with Crippen LogP contribution in [0.4, 0.5) is 0 Å². The number of hydrogen-bond acceptors (Lipinski definition) is 5.